The first-order valence-electron chi connectivity index (χ1n) is 10.1. The van der Waals surface area contributed by atoms with Crippen LogP contribution >= 0.6 is 11.3 Å². The van der Waals surface area contributed by atoms with Gasteiger partial charge in [-0.3, -0.25) is 19.7 Å². The van der Waals surface area contributed by atoms with Crippen molar-refractivity contribution in [2.75, 3.05) is 26.0 Å². The second-order valence-electron chi connectivity index (χ2n) is 7.36. The zero-order chi connectivity index (χ0) is 26.5. The maximum Gasteiger partial charge on any atom is 0.278 e. The van der Waals surface area contributed by atoms with Crippen LogP contribution in [-0.2, 0) is 14.8 Å². The Balaban J connectivity index is 0.000000429. The van der Waals surface area contributed by atoms with Crippen LogP contribution in [0.3, 0.4) is 0 Å². The number of anilines is 1. The fourth-order valence-corrected chi connectivity index (χ4v) is 5.00. The van der Waals surface area contributed by atoms with Gasteiger partial charge in [-0.1, -0.05) is 12.1 Å². The molecule has 0 aliphatic carbocycles. The van der Waals surface area contributed by atoms with Gasteiger partial charge in [0.15, 0.2) is 16.6 Å². The third-order valence-corrected chi connectivity index (χ3v) is 7.57. The largest absolute Gasteiger partial charge is 0.505 e. The third-order valence-electron chi connectivity index (χ3n) is 4.93. The molecule has 0 unspecified atom stereocenters. The summed E-state index contributed by atoms with van der Waals surface area (Å²) in [4.78, 5) is 17.3. The fraction of sp³-hybridized carbons (Fsp3) is 0.400. The van der Waals surface area contributed by atoms with Gasteiger partial charge < -0.3 is 36.1 Å². The second kappa shape index (κ2) is 13.0. The van der Waals surface area contributed by atoms with E-state index in [1.54, 1.807) is 18.3 Å². The van der Waals surface area contributed by atoms with Gasteiger partial charge in [0.25, 0.3) is 15.9 Å². The molecule has 14 nitrogen and oxygen atoms in total. The van der Waals surface area contributed by atoms with Crippen LogP contribution in [0.25, 0.3) is 5.76 Å². The molecule has 0 fully saturated rings. The average molecular weight is 551 g/mol. The zero-order valence-corrected chi connectivity index (χ0v) is 21.2. The monoisotopic (exact) mass is 550 g/mol. The highest BCUT2D eigenvalue weighted by atomic mass is 32.2. The van der Waals surface area contributed by atoms with Gasteiger partial charge in [-0.15, -0.1) is 11.3 Å². The SMILES string of the molecule is CN[C@H](O)[C@@H](O)[C@H](O)[C@H](O)CO.Cc1cnc(NC(=O)C2=C(O)c3ccccc3S(=O)(=O)N2C)s1.O. The molecule has 2 aromatic rings. The number of aromatic nitrogens is 1. The van der Waals surface area contributed by atoms with Crippen molar-refractivity contribution in [2.45, 2.75) is 36.4 Å². The van der Waals surface area contributed by atoms with Crippen LogP contribution in [0.4, 0.5) is 5.13 Å². The number of aliphatic hydroxyl groups excluding tert-OH is 6. The molecule has 1 amide bonds. The molecule has 0 saturated heterocycles. The first-order chi connectivity index (χ1) is 16.4. The van der Waals surface area contributed by atoms with Crippen molar-refractivity contribution in [1.82, 2.24) is 14.6 Å². The van der Waals surface area contributed by atoms with Crippen molar-refractivity contribution in [2.24, 2.45) is 0 Å². The number of carbonyl (C=O) groups is 1. The summed E-state index contributed by atoms with van der Waals surface area (Å²) >= 11 is 1.25. The number of hydrogen-bond donors (Lipinski definition) is 8. The van der Waals surface area contributed by atoms with E-state index in [9.17, 15) is 18.3 Å². The summed E-state index contributed by atoms with van der Waals surface area (Å²) < 4.78 is 25.8. The number of nitrogens with zero attached hydrogens (tertiary/aromatic N) is 2. The van der Waals surface area contributed by atoms with Gasteiger partial charge in [0.1, 0.15) is 24.5 Å². The lowest BCUT2D eigenvalue weighted by atomic mass is 10.1. The molecule has 36 heavy (non-hydrogen) atoms. The van der Waals surface area contributed by atoms with Crippen molar-refractivity contribution in [3.8, 4) is 0 Å². The summed E-state index contributed by atoms with van der Waals surface area (Å²) in [6.45, 7) is 1.16. The standard InChI is InChI=1S/C14H13N3O4S2.C6H15NO5.H2O/c1-8-7-15-14(22-8)16-13(19)11-12(18)9-5-3-4-6-10(9)23(20,21)17(11)2;1-7-6(12)5(11)4(10)3(9)2-8;/h3-7,18H,1-2H3,(H,15,16,19);3-12H,2H2,1H3;1H2/t;3-,4-,5+,6-;/m.1./s1. The van der Waals surface area contributed by atoms with Crippen molar-refractivity contribution >= 4 is 38.2 Å². The number of hydrogen-bond acceptors (Lipinski definition) is 12. The lowest BCUT2D eigenvalue weighted by Crippen LogP contribution is -2.50. The summed E-state index contributed by atoms with van der Waals surface area (Å²) in [6, 6.07) is 5.99. The number of nitrogens with one attached hydrogen (secondary N) is 2. The Hall–Kier alpha value is -2.67. The number of sulfonamides is 1. The molecular formula is C20H30N4O10S2. The van der Waals surface area contributed by atoms with E-state index >= 15 is 0 Å². The smallest absolute Gasteiger partial charge is 0.278 e. The van der Waals surface area contributed by atoms with E-state index in [4.69, 9.17) is 25.5 Å². The maximum atomic E-state index is 12.5. The molecule has 0 spiro atoms. The highest BCUT2D eigenvalue weighted by molar-refractivity contribution is 7.89. The lowest BCUT2D eigenvalue weighted by molar-refractivity contribution is -0.120. The molecule has 0 radical (unpaired) electrons. The Morgan fingerprint density at radius 1 is 1.17 bits per heavy atom. The molecule has 16 heteroatoms. The molecule has 1 aliphatic rings. The van der Waals surface area contributed by atoms with Crippen molar-refractivity contribution in [3.05, 3.63) is 46.6 Å². The number of aryl methyl sites for hydroxylation is 1. The van der Waals surface area contributed by atoms with E-state index in [0.29, 0.717) is 5.13 Å². The Labute approximate surface area is 211 Å². The van der Waals surface area contributed by atoms with Gasteiger partial charge >= 0.3 is 0 Å². The fourth-order valence-electron chi connectivity index (χ4n) is 2.94. The number of fused-ring (bicyclic) bond motifs is 1. The van der Waals surface area contributed by atoms with E-state index in [2.05, 4.69) is 15.6 Å². The highest BCUT2D eigenvalue weighted by Crippen LogP contribution is 2.34. The number of likely N-dealkylation sites (N-methyl/N-ethyl adjacent to an activating group) is 2. The predicted molar refractivity (Wildman–Crippen MR) is 130 cm³/mol. The van der Waals surface area contributed by atoms with Gasteiger partial charge in [0, 0.05) is 23.7 Å². The van der Waals surface area contributed by atoms with Gasteiger partial charge in [-0.2, -0.15) is 0 Å². The van der Waals surface area contributed by atoms with Crippen molar-refractivity contribution in [3.63, 3.8) is 0 Å². The molecule has 10 N–H and O–H groups in total. The minimum absolute atomic E-state index is 0. The summed E-state index contributed by atoms with van der Waals surface area (Å²) in [5.74, 6) is -1.12. The van der Waals surface area contributed by atoms with E-state index in [1.807, 2.05) is 6.92 Å². The summed E-state index contributed by atoms with van der Waals surface area (Å²) in [6.07, 6.45) is -4.30. The molecule has 0 saturated carbocycles. The molecule has 0 bridgehead atoms. The van der Waals surface area contributed by atoms with Crippen molar-refractivity contribution < 1.29 is 49.3 Å². The molecule has 202 valence electrons. The van der Waals surface area contributed by atoms with Crippen LogP contribution in [-0.4, -0.2) is 105 Å². The number of rotatable bonds is 7. The van der Waals surface area contributed by atoms with Crippen LogP contribution in [0.1, 0.15) is 10.4 Å². The zero-order valence-electron chi connectivity index (χ0n) is 19.5. The average Bonchev–Trinajstić information content (AvgIpc) is 3.25. The number of aliphatic hydroxyl groups is 6. The minimum Gasteiger partial charge on any atom is -0.505 e. The Morgan fingerprint density at radius 2 is 1.78 bits per heavy atom. The van der Waals surface area contributed by atoms with Crippen molar-refractivity contribution in [1.29, 1.82) is 0 Å². The summed E-state index contributed by atoms with van der Waals surface area (Å²) in [5, 5.41) is 59.7. The highest BCUT2D eigenvalue weighted by Gasteiger charge is 2.37. The topological polar surface area (TPSA) is 244 Å². The second-order valence-corrected chi connectivity index (χ2v) is 10.5. The van der Waals surface area contributed by atoms with Crippen LogP contribution in [0, 0.1) is 6.92 Å². The first kappa shape index (κ1) is 31.4. The summed E-state index contributed by atoms with van der Waals surface area (Å²) in [5.41, 5.74) is -0.234. The van der Waals surface area contributed by atoms with Crippen LogP contribution in [0.2, 0.25) is 0 Å². The summed E-state index contributed by atoms with van der Waals surface area (Å²) in [7, 11) is -1.29. The molecule has 1 aliphatic heterocycles. The van der Waals surface area contributed by atoms with E-state index in [1.165, 1.54) is 37.6 Å². The molecule has 4 atom stereocenters. The van der Waals surface area contributed by atoms with Crippen LogP contribution in [0.5, 0.6) is 0 Å². The van der Waals surface area contributed by atoms with Crippen LogP contribution in [0.15, 0.2) is 41.1 Å². The Kier molecular flexibility index (Phi) is 11.4. The molecular weight excluding hydrogens is 520 g/mol. The van der Waals surface area contributed by atoms with Gasteiger partial charge in [-0.25, -0.2) is 13.4 Å². The molecule has 1 aromatic heterocycles. The van der Waals surface area contributed by atoms with Crippen LogP contribution < -0.4 is 10.6 Å². The number of benzene rings is 1. The first-order valence-corrected chi connectivity index (χ1v) is 12.4. The minimum atomic E-state index is -3.90. The maximum absolute atomic E-state index is 12.5. The molecule has 1 aromatic carbocycles. The number of carbonyl (C=O) groups excluding carboxylic acids is 1. The number of thiazole rings is 1. The normalized spacial score (nSPS) is 17.5. The predicted octanol–water partition coefficient (Wildman–Crippen LogP) is -2.27. The van der Waals surface area contributed by atoms with E-state index < -0.39 is 47.1 Å². The quantitative estimate of drug-likeness (QED) is 0.171. The van der Waals surface area contributed by atoms with E-state index in [-0.39, 0.29) is 27.4 Å². The molecule has 2 heterocycles. The third kappa shape index (κ3) is 6.75. The number of amides is 1. The van der Waals surface area contributed by atoms with E-state index in [0.717, 1.165) is 9.18 Å². The van der Waals surface area contributed by atoms with Gasteiger partial charge in [-0.05, 0) is 26.1 Å². The van der Waals surface area contributed by atoms with Gasteiger partial charge in [0.2, 0.25) is 0 Å². The Morgan fingerprint density at radius 3 is 2.31 bits per heavy atom. The molecule has 3 rings (SSSR count). The Bertz CT molecular complexity index is 1160. The van der Waals surface area contributed by atoms with Gasteiger partial charge in [0.05, 0.1) is 11.5 Å². The lowest BCUT2D eigenvalue weighted by Gasteiger charge is -2.28.